The molecule has 0 bridgehead atoms. The van der Waals surface area contributed by atoms with Crippen LogP contribution in [0.3, 0.4) is 0 Å². The van der Waals surface area contributed by atoms with Gasteiger partial charge in [0.05, 0.1) is 17.0 Å². The second-order valence-corrected chi connectivity index (χ2v) is 7.24. The summed E-state index contributed by atoms with van der Waals surface area (Å²) in [6.07, 6.45) is 0.339. The molecule has 2 N–H and O–H groups in total. The van der Waals surface area contributed by atoms with E-state index in [0.717, 1.165) is 6.26 Å². The summed E-state index contributed by atoms with van der Waals surface area (Å²) in [5.74, 6) is -0.354. The fourth-order valence-corrected chi connectivity index (χ4v) is 2.72. The van der Waals surface area contributed by atoms with Crippen LogP contribution in [0.5, 0.6) is 0 Å². The fraction of sp³-hybridized carbons (Fsp3) is 0.250. The van der Waals surface area contributed by atoms with Crippen molar-refractivity contribution in [2.75, 3.05) is 11.6 Å². The molecule has 0 heterocycles. The first kappa shape index (κ1) is 16.5. The number of rotatable bonds is 5. The molecule has 0 radical (unpaired) electrons. The smallest absolute Gasteiger partial charge is 0.175 e. The molecule has 22 heavy (non-hydrogen) atoms. The zero-order valence-electron chi connectivity index (χ0n) is 12.3. The van der Waals surface area contributed by atoms with Gasteiger partial charge in [-0.25, -0.2) is 12.8 Å². The Hall–Kier alpha value is -1.92. The highest BCUT2D eigenvalue weighted by atomic mass is 32.2. The van der Waals surface area contributed by atoms with E-state index in [2.05, 4.69) is 5.32 Å². The first-order chi connectivity index (χ1) is 10.3. The number of hydrogen-bond acceptors (Lipinski definition) is 4. The van der Waals surface area contributed by atoms with E-state index in [1.54, 1.807) is 19.1 Å². The van der Waals surface area contributed by atoms with Crippen molar-refractivity contribution in [1.82, 2.24) is 0 Å². The second-order valence-electron chi connectivity index (χ2n) is 5.23. The molecule has 2 aromatic carbocycles. The van der Waals surface area contributed by atoms with Crippen molar-refractivity contribution in [3.63, 3.8) is 0 Å². The van der Waals surface area contributed by atoms with E-state index in [-0.39, 0.29) is 16.8 Å². The van der Waals surface area contributed by atoms with Crippen LogP contribution in [-0.4, -0.2) is 25.8 Å². The Bertz CT molecular complexity index is 727. The Morgan fingerprint density at radius 1 is 1.05 bits per heavy atom. The third-order valence-corrected chi connectivity index (χ3v) is 4.49. The van der Waals surface area contributed by atoms with Crippen LogP contribution in [0.25, 0.3) is 0 Å². The zero-order chi connectivity index (χ0) is 16.3. The van der Waals surface area contributed by atoms with E-state index >= 15 is 0 Å². The molecule has 0 fully saturated rings. The van der Waals surface area contributed by atoms with Crippen molar-refractivity contribution >= 4 is 15.5 Å². The van der Waals surface area contributed by atoms with Crippen molar-refractivity contribution < 1.29 is 17.9 Å². The van der Waals surface area contributed by atoms with Gasteiger partial charge in [-0.15, -0.1) is 0 Å². The number of benzene rings is 2. The number of nitrogens with one attached hydrogen (secondary N) is 1. The van der Waals surface area contributed by atoms with Crippen molar-refractivity contribution in [1.29, 1.82) is 0 Å². The average molecular weight is 323 g/mol. The van der Waals surface area contributed by atoms with E-state index in [4.69, 9.17) is 0 Å². The molecule has 4 nitrogen and oxygen atoms in total. The summed E-state index contributed by atoms with van der Waals surface area (Å²) < 4.78 is 35.7. The van der Waals surface area contributed by atoms with Gasteiger partial charge in [0.25, 0.3) is 0 Å². The first-order valence-corrected chi connectivity index (χ1v) is 8.67. The van der Waals surface area contributed by atoms with Crippen LogP contribution in [0.2, 0.25) is 0 Å². The Morgan fingerprint density at radius 3 is 2.09 bits per heavy atom. The van der Waals surface area contributed by atoms with Crippen LogP contribution in [-0.2, 0) is 9.84 Å². The second kappa shape index (κ2) is 6.46. The molecule has 2 rings (SSSR count). The van der Waals surface area contributed by atoms with Crippen molar-refractivity contribution in [3.8, 4) is 0 Å². The van der Waals surface area contributed by atoms with Gasteiger partial charge in [-0.2, -0.15) is 0 Å². The van der Waals surface area contributed by atoms with Crippen LogP contribution in [0.1, 0.15) is 18.6 Å². The SMILES string of the molecule is C[C@H](Nc1ccc(S(C)(=O)=O)cc1)[C@H](O)c1ccc(F)cc1. The summed E-state index contributed by atoms with van der Waals surface area (Å²) in [4.78, 5) is 0.241. The monoisotopic (exact) mass is 323 g/mol. The maximum absolute atomic E-state index is 12.9. The quantitative estimate of drug-likeness (QED) is 0.888. The van der Waals surface area contributed by atoms with E-state index < -0.39 is 15.9 Å². The molecule has 118 valence electrons. The lowest BCUT2D eigenvalue weighted by Gasteiger charge is -2.21. The lowest BCUT2D eigenvalue weighted by atomic mass is 10.0. The van der Waals surface area contributed by atoms with Gasteiger partial charge in [-0.1, -0.05) is 12.1 Å². The molecule has 0 saturated heterocycles. The van der Waals surface area contributed by atoms with Crippen LogP contribution in [0.15, 0.2) is 53.4 Å². The minimum absolute atomic E-state index is 0.241. The zero-order valence-corrected chi connectivity index (χ0v) is 13.1. The van der Waals surface area contributed by atoms with Crippen LogP contribution < -0.4 is 5.32 Å². The van der Waals surface area contributed by atoms with Gasteiger partial charge in [0.15, 0.2) is 9.84 Å². The van der Waals surface area contributed by atoms with Gasteiger partial charge < -0.3 is 10.4 Å². The van der Waals surface area contributed by atoms with Crippen molar-refractivity contribution in [2.24, 2.45) is 0 Å². The molecule has 0 unspecified atom stereocenters. The molecule has 0 aliphatic carbocycles. The van der Waals surface area contributed by atoms with E-state index in [9.17, 15) is 17.9 Å². The predicted octanol–water partition coefficient (Wildman–Crippen LogP) is 2.76. The largest absolute Gasteiger partial charge is 0.386 e. The number of hydrogen-bond donors (Lipinski definition) is 2. The van der Waals surface area contributed by atoms with E-state index in [1.807, 2.05) is 0 Å². The molecule has 0 aliphatic heterocycles. The highest BCUT2D eigenvalue weighted by molar-refractivity contribution is 7.90. The minimum Gasteiger partial charge on any atom is -0.386 e. The normalized spacial score (nSPS) is 14.4. The molecular formula is C16H18FNO3S. The summed E-state index contributed by atoms with van der Waals surface area (Å²) in [6.45, 7) is 1.79. The Labute approximate surface area is 129 Å². The molecule has 2 atom stereocenters. The maximum Gasteiger partial charge on any atom is 0.175 e. The standard InChI is InChI=1S/C16H18FNO3S/c1-11(16(19)12-3-5-13(17)6-4-12)18-14-7-9-15(10-8-14)22(2,20)21/h3-11,16,18-19H,1-2H3/t11-,16-/m0/s1. The third-order valence-electron chi connectivity index (χ3n) is 3.36. The van der Waals surface area contributed by atoms with Crippen molar-refractivity contribution in [3.05, 3.63) is 59.9 Å². The minimum atomic E-state index is -3.22. The topological polar surface area (TPSA) is 66.4 Å². The average Bonchev–Trinajstić information content (AvgIpc) is 2.47. The lowest BCUT2D eigenvalue weighted by Crippen LogP contribution is -2.24. The summed E-state index contributed by atoms with van der Waals surface area (Å²) >= 11 is 0. The number of aliphatic hydroxyl groups is 1. The summed E-state index contributed by atoms with van der Waals surface area (Å²) in [5.41, 5.74) is 1.30. The van der Waals surface area contributed by atoms with Gasteiger partial charge in [0.1, 0.15) is 5.82 Å². The summed E-state index contributed by atoms with van der Waals surface area (Å²) in [7, 11) is -3.22. The summed E-state index contributed by atoms with van der Waals surface area (Å²) in [5, 5.41) is 13.3. The molecular weight excluding hydrogens is 305 g/mol. The number of sulfone groups is 1. The number of halogens is 1. The molecule has 0 amide bonds. The number of aliphatic hydroxyl groups excluding tert-OH is 1. The molecule has 0 aliphatic rings. The van der Waals surface area contributed by atoms with Gasteiger partial charge in [-0.05, 0) is 48.9 Å². The lowest BCUT2D eigenvalue weighted by molar-refractivity contribution is 0.160. The highest BCUT2D eigenvalue weighted by Gasteiger charge is 2.16. The molecule has 0 spiro atoms. The van der Waals surface area contributed by atoms with Gasteiger partial charge in [0, 0.05) is 11.9 Å². The van der Waals surface area contributed by atoms with Crippen LogP contribution in [0.4, 0.5) is 10.1 Å². The summed E-state index contributed by atoms with van der Waals surface area (Å²) in [6, 6.07) is 11.6. The first-order valence-electron chi connectivity index (χ1n) is 6.77. The molecule has 2 aromatic rings. The van der Waals surface area contributed by atoms with Crippen LogP contribution >= 0.6 is 0 Å². The Balaban J connectivity index is 2.08. The molecule has 0 aromatic heterocycles. The van der Waals surface area contributed by atoms with Crippen molar-refractivity contribution in [2.45, 2.75) is 24.0 Å². The highest BCUT2D eigenvalue weighted by Crippen LogP contribution is 2.21. The Kier molecular flexibility index (Phi) is 4.83. The van der Waals surface area contributed by atoms with Gasteiger partial charge in [0.2, 0.25) is 0 Å². The number of anilines is 1. The van der Waals surface area contributed by atoms with Gasteiger partial charge in [-0.3, -0.25) is 0 Å². The third kappa shape index (κ3) is 4.05. The van der Waals surface area contributed by atoms with Crippen LogP contribution in [0, 0.1) is 5.82 Å². The predicted molar refractivity (Wildman–Crippen MR) is 84.0 cm³/mol. The fourth-order valence-electron chi connectivity index (χ4n) is 2.09. The van der Waals surface area contributed by atoms with Gasteiger partial charge >= 0.3 is 0 Å². The Morgan fingerprint density at radius 2 is 1.59 bits per heavy atom. The molecule has 0 saturated carbocycles. The maximum atomic E-state index is 12.9. The van der Waals surface area contributed by atoms with E-state index in [1.165, 1.54) is 36.4 Å². The molecule has 6 heteroatoms. The van der Waals surface area contributed by atoms with E-state index in [0.29, 0.717) is 11.3 Å².